The van der Waals surface area contributed by atoms with E-state index in [0.29, 0.717) is 35.1 Å². The van der Waals surface area contributed by atoms with Crippen molar-refractivity contribution in [3.63, 3.8) is 0 Å². The van der Waals surface area contributed by atoms with Gasteiger partial charge in [-0.05, 0) is 35.1 Å². The average Bonchev–Trinajstić information content (AvgIpc) is 2.82. The van der Waals surface area contributed by atoms with Gasteiger partial charge in [-0.3, -0.25) is 9.59 Å². The molecule has 2 aromatic rings. The van der Waals surface area contributed by atoms with E-state index in [0.717, 1.165) is 5.56 Å². The summed E-state index contributed by atoms with van der Waals surface area (Å²) in [5.41, 5.74) is 3.48. The molecule has 1 amide bonds. The molecule has 2 aromatic carbocycles. The van der Waals surface area contributed by atoms with E-state index in [1.165, 1.54) is 32.0 Å². The second-order valence-corrected chi connectivity index (χ2v) is 9.13. The summed E-state index contributed by atoms with van der Waals surface area (Å²) in [6.45, 7) is 5.12. The first-order valence-electron chi connectivity index (χ1n) is 11.1. The van der Waals surface area contributed by atoms with Crippen LogP contribution in [-0.2, 0) is 26.4 Å². The Kier molecular flexibility index (Phi) is 7.37. The lowest BCUT2D eigenvalue weighted by molar-refractivity contribution is -0.254. The number of alkyl halides is 3. The Bertz CT molecular complexity index is 1130. The van der Waals surface area contributed by atoms with Gasteiger partial charge in [-0.25, -0.2) is 0 Å². The molecule has 7 nitrogen and oxygen atoms in total. The third-order valence-electron chi connectivity index (χ3n) is 6.18. The number of nitrogens with zero attached hydrogens (tertiary/aromatic N) is 1. The van der Waals surface area contributed by atoms with Crippen molar-refractivity contribution in [2.45, 2.75) is 63.5 Å². The van der Waals surface area contributed by atoms with Crippen LogP contribution >= 0.6 is 0 Å². The van der Waals surface area contributed by atoms with E-state index in [-0.39, 0.29) is 12.2 Å². The summed E-state index contributed by atoms with van der Waals surface area (Å²) in [6, 6.07) is 10.9. The lowest BCUT2D eigenvalue weighted by Crippen LogP contribution is -2.57. The van der Waals surface area contributed by atoms with Gasteiger partial charge in [0.05, 0.1) is 5.71 Å². The Balaban J connectivity index is 1.92. The largest absolute Gasteiger partial charge is 0.426 e. The monoisotopic (exact) mass is 491 g/mol. The second-order valence-electron chi connectivity index (χ2n) is 9.13. The highest BCUT2D eigenvalue weighted by atomic mass is 19.4. The number of aliphatic hydroxyl groups is 1. The zero-order valence-corrected chi connectivity index (χ0v) is 19.6. The van der Waals surface area contributed by atoms with Crippen LogP contribution in [0.4, 0.5) is 18.9 Å². The van der Waals surface area contributed by atoms with Crippen molar-refractivity contribution in [1.82, 2.24) is 0 Å². The maximum Gasteiger partial charge on any atom is 0.426 e. The van der Waals surface area contributed by atoms with Gasteiger partial charge in [-0.15, -0.1) is 0 Å². The van der Waals surface area contributed by atoms with E-state index >= 15 is 0 Å². The van der Waals surface area contributed by atoms with Crippen molar-refractivity contribution in [2.75, 3.05) is 5.32 Å². The van der Waals surface area contributed by atoms with E-state index in [9.17, 15) is 27.9 Å². The maximum atomic E-state index is 14.1. The Hall–Kier alpha value is -3.24. The molecule has 10 heteroatoms. The molecule has 0 aromatic heterocycles. The molecule has 0 saturated heterocycles. The molecule has 1 aliphatic heterocycles. The number of rotatable bonds is 8. The standard InChI is InChI=1S/C25H28F3N3O4/c1-4-20-19-11-17(9-10-18(19)21(13-32)35-31-20)30-22(33)24(34,25(26,27)28)14-23(2,3)16-7-5-15(12-29)6-8-16/h5-11,13,21,34H,4,12,14,29H2,1-3H3,(H,30,33). The van der Waals surface area contributed by atoms with Crippen molar-refractivity contribution in [2.24, 2.45) is 10.9 Å². The Morgan fingerprint density at radius 3 is 2.40 bits per heavy atom. The molecule has 35 heavy (non-hydrogen) atoms. The highest BCUT2D eigenvalue weighted by Crippen LogP contribution is 2.42. The van der Waals surface area contributed by atoms with E-state index in [1.807, 2.05) is 0 Å². The molecule has 2 atom stereocenters. The first-order chi connectivity index (χ1) is 16.4. The fourth-order valence-electron chi connectivity index (χ4n) is 4.09. The first-order valence-corrected chi connectivity index (χ1v) is 11.1. The fourth-order valence-corrected chi connectivity index (χ4v) is 4.09. The Morgan fingerprint density at radius 2 is 1.86 bits per heavy atom. The van der Waals surface area contributed by atoms with Crippen molar-refractivity contribution < 1.29 is 32.7 Å². The van der Waals surface area contributed by atoms with Gasteiger partial charge in [0.15, 0.2) is 6.29 Å². The second kappa shape index (κ2) is 9.79. The minimum absolute atomic E-state index is 0.0224. The van der Waals surface area contributed by atoms with Crippen LogP contribution in [0.25, 0.3) is 0 Å². The molecule has 0 bridgehead atoms. The summed E-state index contributed by atoms with van der Waals surface area (Å²) < 4.78 is 42.3. The normalized spacial score (nSPS) is 17.5. The van der Waals surface area contributed by atoms with E-state index in [1.54, 1.807) is 31.2 Å². The minimum Gasteiger partial charge on any atom is -0.380 e. The molecular formula is C25H28F3N3O4. The smallest absolute Gasteiger partial charge is 0.380 e. The molecule has 1 heterocycles. The van der Waals surface area contributed by atoms with Crippen LogP contribution in [0, 0.1) is 0 Å². The maximum absolute atomic E-state index is 14.1. The lowest BCUT2D eigenvalue weighted by Gasteiger charge is -2.36. The van der Waals surface area contributed by atoms with Gasteiger partial charge in [-0.1, -0.05) is 56.3 Å². The summed E-state index contributed by atoms with van der Waals surface area (Å²) in [6.07, 6.45) is -6.13. The summed E-state index contributed by atoms with van der Waals surface area (Å²) in [5, 5.41) is 16.8. The molecule has 0 radical (unpaired) electrons. The zero-order valence-electron chi connectivity index (χ0n) is 19.6. The minimum atomic E-state index is -5.24. The lowest BCUT2D eigenvalue weighted by atomic mass is 9.74. The van der Waals surface area contributed by atoms with Gasteiger partial charge < -0.3 is 21.0 Å². The Labute approximate surface area is 201 Å². The number of benzene rings is 2. The number of fused-ring (bicyclic) bond motifs is 1. The van der Waals surface area contributed by atoms with Crippen LogP contribution in [-0.4, -0.2) is 34.8 Å². The van der Waals surface area contributed by atoms with Crippen molar-refractivity contribution in [1.29, 1.82) is 0 Å². The zero-order chi connectivity index (χ0) is 26.0. The quantitative estimate of drug-likeness (QED) is 0.481. The average molecular weight is 492 g/mol. The third-order valence-corrected chi connectivity index (χ3v) is 6.18. The van der Waals surface area contributed by atoms with Crippen LogP contribution in [0.3, 0.4) is 0 Å². The molecule has 0 fully saturated rings. The molecule has 188 valence electrons. The van der Waals surface area contributed by atoms with Gasteiger partial charge >= 0.3 is 6.18 Å². The van der Waals surface area contributed by atoms with E-state index in [2.05, 4.69) is 10.5 Å². The molecular weight excluding hydrogens is 463 g/mol. The molecule has 2 unspecified atom stereocenters. The third kappa shape index (κ3) is 5.23. The number of carbonyl (C=O) groups excluding carboxylic acids is 2. The molecule has 0 aliphatic carbocycles. The number of carbonyl (C=O) groups is 2. The van der Waals surface area contributed by atoms with Gasteiger partial charge in [-0.2, -0.15) is 13.2 Å². The number of aldehydes is 1. The van der Waals surface area contributed by atoms with Crippen molar-refractivity contribution in [3.8, 4) is 0 Å². The molecule has 1 aliphatic rings. The van der Waals surface area contributed by atoms with E-state index < -0.39 is 35.6 Å². The van der Waals surface area contributed by atoms with Gasteiger partial charge in [0.1, 0.15) is 0 Å². The number of hydrogen-bond donors (Lipinski definition) is 3. The summed E-state index contributed by atoms with van der Waals surface area (Å²) in [5.74, 6) is -1.61. The SMILES string of the molecule is CCC1=NOC(C=O)c2ccc(NC(=O)C(O)(CC(C)(C)c3ccc(CN)cc3)C(F)(F)F)cc21. The number of nitrogens with two attached hydrogens (primary N) is 1. The number of halogens is 3. The van der Waals surface area contributed by atoms with Crippen LogP contribution < -0.4 is 11.1 Å². The van der Waals surface area contributed by atoms with Crippen LogP contribution in [0.15, 0.2) is 47.6 Å². The van der Waals surface area contributed by atoms with Gasteiger partial charge in [0.2, 0.25) is 11.7 Å². The summed E-state index contributed by atoms with van der Waals surface area (Å²) >= 11 is 0. The van der Waals surface area contributed by atoms with Crippen molar-refractivity contribution in [3.05, 3.63) is 64.7 Å². The van der Waals surface area contributed by atoms with Crippen LogP contribution in [0.2, 0.25) is 0 Å². The fraction of sp³-hybridized carbons (Fsp3) is 0.400. The summed E-state index contributed by atoms with van der Waals surface area (Å²) in [7, 11) is 0. The van der Waals surface area contributed by atoms with Gasteiger partial charge in [0.25, 0.3) is 5.91 Å². The number of nitrogens with one attached hydrogen (secondary N) is 1. The molecule has 4 N–H and O–H groups in total. The summed E-state index contributed by atoms with van der Waals surface area (Å²) in [4.78, 5) is 29.3. The number of hydrogen-bond acceptors (Lipinski definition) is 6. The number of amides is 1. The molecule has 0 saturated carbocycles. The van der Waals surface area contributed by atoms with Crippen LogP contribution in [0.5, 0.6) is 0 Å². The van der Waals surface area contributed by atoms with Crippen LogP contribution in [0.1, 0.15) is 62.0 Å². The first kappa shape index (κ1) is 26.4. The predicted octanol–water partition coefficient (Wildman–Crippen LogP) is 4.13. The molecule has 0 spiro atoms. The topological polar surface area (TPSA) is 114 Å². The Morgan fingerprint density at radius 1 is 1.20 bits per heavy atom. The number of anilines is 1. The van der Waals surface area contributed by atoms with E-state index in [4.69, 9.17) is 10.6 Å². The highest BCUT2D eigenvalue weighted by Gasteiger charge is 2.61. The molecule has 3 rings (SSSR count). The van der Waals surface area contributed by atoms with Crippen molar-refractivity contribution >= 4 is 23.6 Å². The van der Waals surface area contributed by atoms with Gasteiger partial charge in [0, 0.05) is 29.8 Å². The predicted molar refractivity (Wildman–Crippen MR) is 125 cm³/mol. The number of oxime groups is 1. The highest BCUT2D eigenvalue weighted by molar-refractivity contribution is 6.05.